The lowest BCUT2D eigenvalue weighted by molar-refractivity contribution is -0.155. The molecule has 1 unspecified atom stereocenters. The van der Waals surface area contributed by atoms with Gasteiger partial charge in [-0.15, -0.1) is 0 Å². The van der Waals surface area contributed by atoms with Crippen LogP contribution in [0.2, 0.25) is 0 Å². The second-order valence-electron chi connectivity index (χ2n) is 9.98. The minimum absolute atomic E-state index is 0.0414. The van der Waals surface area contributed by atoms with E-state index in [1.54, 1.807) is 0 Å². The van der Waals surface area contributed by atoms with Crippen LogP contribution in [0.15, 0.2) is 36.4 Å². The highest BCUT2D eigenvalue weighted by molar-refractivity contribution is 5.87. The summed E-state index contributed by atoms with van der Waals surface area (Å²) in [6.07, 6.45) is 10.8. The number of rotatable bonds is 14. The molecule has 190 valence electrons. The van der Waals surface area contributed by atoms with Crippen LogP contribution in [0.1, 0.15) is 95.6 Å². The van der Waals surface area contributed by atoms with Crippen LogP contribution in [0.25, 0.3) is 0 Å². The average Bonchev–Trinajstić information content (AvgIpc) is 2.85. The zero-order valence-corrected chi connectivity index (χ0v) is 21.4. The Morgan fingerprint density at radius 2 is 1.65 bits per heavy atom. The zero-order valence-electron chi connectivity index (χ0n) is 21.4. The number of esters is 2. The molecule has 1 saturated carbocycles. The standard InChI is InChI=1S/C29H44O5/c1-5-7-8-9-24-10-12-25(13-11-24)26-14-16-27(17-15-26)29(18-6-2,20-33-23(4)31)21-34-28(32)22(3)19-30/h10-13,26-27,30H,3,5-9,14-21H2,1-2,4H3. The first-order chi connectivity index (χ1) is 16.3. The van der Waals surface area contributed by atoms with Crippen LogP contribution in [0.4, 0.5) is 0 Å². The molecule has 1 aliphatic carbocycles. The molecule has 34 heavy (non-hydrogen) atoms. The molecule has 0 amide bonds. The molecule has 1 aromatic rings. The monoisotopic (exact) mass is 472 g/mol. The first-order valence-corrected chi connectivity index (χ1v) is 13.0. The number of ether oxygens (including phenoxy) is 2. The first-order valence-electron chi connectivity index (χ1n) is 13.0. The van der Waals surface area contributed by atoms with Crippen molar-refractivity contribution in [3.63, 3.8) is 0 Å². The third-order valence-electron chi connectivity index (χ3n) is 7.39. The molecule has 1 fully saturated rings. The summed E-state index contributed by atoms with van der Waals surface area (Å²) in [5.41, 5.74) is 2.45. The molecule has 5 nitrogen and oxygen atoms in total. The van der Waals surface area contributed by atoms with Gasteiger partial charge in [0.05, 0.1) is 12.2 Å². The van der Waals surface area contributed by atoms with Crippen molar-refractivity contribution < 1.29 is 24.2 Å². The molecule has 2 rings (SSSR count). The van der Waals surface area contributed by atoms with Gasteiger partial charge in [-0.05, 0) is 67.9 Å². The van der Waals surface area contributed by atoms with Crippen molar-refractivity contribution in [2.24, 2.45) is 11.3 Å². The fourth-order valence-corrected chi connectivity index (χ4v) is 5.32. The van der Waals surface area contributed by atoms with Crippen molar-refractivity contribution in [2.45, 2.75) is 90.9 Å². The Hall–Kier alpha value is -2.14. The van der Waals surface area contributed by atoms with Crippen molar-refractivity contribution in [1.29, 1.82) is 0 Å². The first kappa shape index (κ1) is 28.1. The van der Waals surface area contributed by atoms with E-state index < -0.39 is 18.0 Å². The predicted molar refractivity (Wildman–Crippen MR) is 136 cm³/mol. The Labute approximate surface area is 205 Å². The number of carbonyl (C=O) groups excluding carboxylic acids is 2. The minimum atomic E-state index is -0.585. The van der Waals surface area contributed by atoms with Crippen LogP contribution < -0.4 is 0 Å². The van der Waals surface area contributed by atoms with Crippen molar-refractivity contribution >= 4 is 11.9 Å². The lowest BCUT2D eigenvalue weighted by atomic mass is 9.64. The summed E-state index contributed by atoms with van der Waals surface area (Å²) in [5.74, 6) is -0.0740. The lowest BCUT2D eigenvalue weighted by Gasteiger charge is -2.43. The normalized spacial score (nSPS) is 19.8. The Kier molecular flexibility index (Phi) is 11.8. The molecule has 1 aromatic carbocycles. The topological polar surface area (TPSA) is 72.8 Å². The van der Waals surface area contributed by atoms with E-state index in [0.717, 1.165) is 44.9 Å². The van der Waals surface area contributed by atoms with Gasteiger partial charge < -0.3 is 14.6 Å². The van der Waals surface area contributed by atoms with E-state index in [9.17, 15) is 14.7 Å². The van der Waals surface area contributed by atoms with Gasteiger partial charge in [0.1, 0.15) is 13.2 Å². The van der Waals surface area contributed by atoms with E-state index in [1.165, 1.54) is 37.3 Å². The molecule has 1 atom stereocenters. The molecule has 1 N–H and O–H groups in total. The summed E-state index contributed by atoms with van der Waals surface area (Å²) in [6.45, 7) is 9.31. The molecule has 1 aliphatic rings. The number of aryl methyl sites for hydroxylation is 1. The number of carbonyl (C=O) groups is 2. The van der Waals surface area contributed by atoms with Crippen LogP contribution in [0.3, 0.4) is 0 Å². The molecular formula is C29H44O5. The van der Waals surface area contributed by atoms with Crippen LogP contribution in [-0.2, 0) is 25.5 Å². The number of aliphatic hydroxyl groups excluding tert-OH is 1. The maximum atomic E-state index is 12.2. The van der Waals surface area contributed by atoms with E-state index in [0.29, 0.717) is 11.8 Å². The van der Waals surface area contributed by atoms with Crippen molar-refractivity contribution in [1.82, 2.24) is 0 Å². The predicted octanol–water partition coefficient (Wildman–Crippen LogP) is 6.13. The van der Waals surface area contributed by atoms with Crippen LogP contribution >= 0.6 is 0 Å². The molecule has 0 saturated heterocycles. The summed E-state index contributed by atoms with van der Waals surface area (Å²) >= 11 is 0. The van der Waals surface area contributed by atoms with Crippen molar-refractivity contribution in [3.05, 3.63) is 47.5 Å². The number of unbranched alkanes of at least 4 members (excludes halogenated alkanes) is 2. The van der Waals surface area contributed by atoms with E-state index >= 15 is 0 Å². The van der Waals surface area contributed by atoms with E-state index in [2.05, 4.69) is 44.7 Å². The number of hydrogen-bond acceptors (Lipinski definition) is 5. The van der Waals surface area contributed by atoms with Gasteiger partial charge in [-0.1, -0.05) is 64.0 Å². The highest BCUT2D eigenvalue weighted by Gasteiger charge is 2.42. The Bertz CT molecular complexity index is 776. The fraction of sp³-hybridized carbons (Fsp3) is 0.655. The number of aliphatic hydroxyl groups is 1. The maximum absolute atomic E-state index is 12.2. The summed E-state index contributed by atoms with van der Waals surface area (Å²) in [4.78, 5) is 23.8. The minimum Gasteiger partial charge on any atom is -0.465 e. The second-order valence-corrected chi connectivity index (χ2v) is 9.98. The summed E-state index contributed by atoms with van der Waals surface area (Å²) in [7, 11) is 0. The summed E-state index contributed by atoms with van der Waals surface area (Å²) < 4.78 is 11.1. The van der Waals surface area contributed by atoms with E-state index in [-0.39, 0.29) is 24.8 Å². The van der Waals surface area contributed by atoms with Gasteiger partial charge in [0.2, 0.25) is 0 Å². The quantitative estimate of drug-likeness (QED) is 0.200. The van der Waals surface area contributed by atoms with Crippen LogP contribution in [-0.4, -0.2) is 36.9 Å². The fourth-order valence-electron chi connectivity index (χ4n) is 5.32. The van der Waals surface area contributed by atoms with E-state index in [1.807, 2.05) is 0 Å². The van der Waals surface area contributed by atoms with Crippen LogP contribution in [0, 0.1) is 11.3 Å². The molecule has 0 spiro atoms. The molecular weight excluding hydrogens is 428 g/mol. The third kappa shape index (κ3) is 8.26. The molecule has 0 bridgehead atoms. The Balaban J connectivity index is 2.07. The van der Waals surface area contributed by atoms with Crippen LogP contribution in [0.5, 0.6) is 0 Å². The van der Waals surface area contributed by atoms with Gasteiger partial charge in [-0.2, -0.15) is 0 Å². The van der Waals surface area contributed by atoms with Gasteiger partial charge in [0.25, 0.3) is 0 Å². The smallest absolute Gasteiger partial charge is 0.335 e. The summed E-state index contributed by atoms with van der Waals surface area (Å²) in [5, 5.41) is 9.20. The molecule has 0 aromatic heterocycles. The molecule has 0 aliphatic heterocycles. The van der Waals surface area contributed by atoms with Gasteiger partial charge >= 0.3 is 11.9 Å². The zero-order chi connectivity index (χ0) is 25.0. The Morgan fingerprint density at radius 3 is 2.21 bits per heavy atom. The maximum Gasteiger partial charge on any atom is 0.335 e. The molecule has 0 heterocycles. The highest BCUT2D eigenvalue weighted by Crippen LogP contribution is 2.46. The van der Waals surface area contributed by atoms with Crippen molar-refractivity contribution in [3.8, 4) is 0 Å². The average molecular weight is 473 g/mol. The van der Waals surface area contributed by atoms with E-state index in [4.69, 9.17) is 9.47 Å². The van der Waals surface area contributed by atoms with Crippen molar-refractivity contribution in [2.75, 3.05) is 19.8 Å². The SMILES string of the molecule is C=C(CO)C(=O)OCC(CCC)(COC(C)=O)C1CCC(c2ccc(CCCCC)cc2)CC1. The highest BCUT2D eigenvalue weighted by atomic mass is 16.5. The Morgan fingerprint density at radius 1 is 1.00 bits per heavy atom. The van der Waals surface area contributed by atoms with Gasteiger partial charge in [-0.3, -0.25) is 4.79 Å². The lowest BCUT2D eigenvalue weighted by Crippen LogP contribution is -2.42. The third-order valence-corrected chi connectivity index (χ3v) is 7.39. The molecule has 5 heteroatoms. The van der Waals surface area contributed by atoms with Gasteiger partial charge in [0, 0.05) is 12.3 Å². The number of benzene rings is 1. The summed E-state index contributed by atoms with van der Waals surface area (Å²) in [6, 6.07) is 9.17. The van der Waals surface area contributed by atoms with Gasteiger partial charge in [-0.25, -0.2) is 4.79 Å². The second kappa shape index (κ2) is 14.3. The molecule has 0 radical (unpaired) electrons. The number of hydrogen-bond donors (Lipinski definition) is 1. The van der Waals surface area contributed by atoms with Gasteiger partial charge in [0.15, 0.2) is 0 Å². The largest absolute Gasteiger partial charge is 0.465 e.